The standard InChI is InChI=1S/C19H18FN3O3/c1-12(24)21-14-6-8-16(9-7-14)23-18(26)19(10-11-19)17(25)22-15-4-2-13(20)3-5-15/h2-9H,10-11H2,1H3,(H,21,24)(H,22,25)(H,23,26). The molecule has 3 amide bonds. The van der Waals surface area contributed by atoms with E-state index in [9.17, 15) is 18.8 Å². The van der Waals surface area contributed by atoms with Crippen LogP contribution in [0, 0.1) is 11.2 Å². The zero-order chi connectivity index (χ0) is 18.7. The monoisotopic (exact) mass is 355 g/mol. The Kier molecular flexibility index (Phi) is 4.71. The molecule has 1 aliphatic rings. The first-order chi connectivity index (χ1) is 12.4. The van der Waals surface area contributed by atoms with Gasteiger partial charge in [-0.05, 0) is 61.4 Å². The van der Waals surface area contributed by atoms with E-state index >= 15 is 0 Å². The molecule has 134 valence electrons. The Morgan fingerprint density at radius 3 is 1.54 bits per heavy atom. The number of benzene rings is 2. The molecule has 3 rings (SSSR count). The van der Waals surface area contributed by atoms with E-state index in [4.69, 9.17) is 0 Å². The second kappa shape index (κ2) is 6.95. The van der Waals surface area contributed by atoms with Crippen molar-refractivity contribution in [2.45, 2.75) is 19.8 Å². The first-order valence-electron chi connectivity index (χ1n) is 8.15. The molecule has 0 saturated heterocycles. The SMILES string of the molecule is CC(=O)Nc1ccc(NC(=O)C2(C(=O)Nc3ccc(F)cc3)CC2)cc1. The predicted molar refractivity (Wildman–Crippen MR) is 96.1 cm³/mol. The van der Waals surface area contributed by atoms with Crippen LogP contribution in [0.4, 0.5) is 21.5 Å². The summed E-state index contributed by atoms with van der Waals surface area (Å²) < 4.78 is 12.9. The van der Waals surface area contributed by atoms with E-state index in [-0.39, 0.29) is 11.8 Å². The van der Waals surface area contributed by atoms with Crippen molar-refractivity contribution < 1.29 is 18.8 Å². The van der Waals surface area contributed by atoms with Gasteiger partial charge in [-0.25, -0.2) is 4.39 Å². The molecule has 0 unspecified atom stereocenters. The summed E-state index contributed by atoms with van der Waals surface area (Å²) in [5.74, 6) is -1.37. The van der Waals surface area contributed by atoms with Gasteiger partial charge < -0.3 is 16.0 Å². The van der Waals surface area contributed by atoms with Crippen LogP contribution in [0.1, 0.15) is 19.8 Å². The number of rotatable bonds is 5. The molecular weight excluding hydrogens is 337 g/mol. The number of hydrogen-bond donors (Lipinski definition) is 3. The first kappa shape index (κ1) is 17.6. The van der Waals surface area contributed by atoms with Crippen molar-refractivity contribution in [1.29, 1.82) is 0 Å². The molecule has 0 spiro atoms. The Morgan fingerprint density at radius 2 is 1.15 bits per heavy atom. The normalized spacial score (nSPS) is 14.2. The van der Waals surface area contributed by atoms with Crippen molar-refractivity contribution in [3.63, 3.8) is 0 Å². The minimum Gasteiger partial charge on any atom is -0.326 e. The summed E-state index contributed by atoms with van der Waals surface area (Å²) in [5, 5.41) is 8.02. The van der Waals surface area contributed by atoms with Crippen LogP contribution in [0.5, 0.6) is 0 Å². The molecule has 2 aromatic carbocycles. The van der Waals surface area contributed by atoms with Gasteiger partial charge in [-0.3, -0.25) is 14.4 Å². The van der Waals surface area contributed by atoms with Crippen molar-refractivity contribution >= 4 is 34.8 Å². The lowest BCUT2D eigenvalue weighted by Crippen LogP contribution is -2.35. The van der Waals surface area contributed by atoms with E-state index in [1.54, 1.807) is 24.3 Å². The Labute approximate surface area is 149 Å². The average Bonchev–Trinajstić information content (AvgIpc) is 3.40. The third-order valence-corrected chi connectivity index (χ3v) is 4.18. The van der Waals surface area contributed by atoms with E-state index in [1.165, 1.54) is 31.2 Å². The Balaban J connectivity index is 1.64. The highest BCUT2D eigenvalue weighted by Crippen LogP contribution is 2.47. The molecule has 7 heteroatoms. The molecule has 6 nitrogen and oxygen atoms in total. The highest BCUT2D eigenvalue weighted by molar-refractivity contribution is 6.16. The van der Waals surface area contributed by atoms with Gasteiger partial charge in [-0.15, -0.1) is 0 Å². The van der Waals surface area contributed by atoms with Gasteiger partial charge in [0, 0.05) is 24.0 Å². The van der Waals surface area contributed by atoms with Crippen LogP contribution < -0.4 is 16.0 Å². The van der Waals surface area contributed by atoms with Gasteiger partial charge in [-0.1, -0.05) is 0 Å². The molecule has 26 heavy (non-hydrogen) atoms. The van der Waals surface area contributed by atoms with Crippen LogP contribution >= 0.6 is 0 Å². The molecule has 0 aliphatic heterocycles. The van der Waals surface area contributed by atoms with Gasteiger partial charge in [0.25, 0.3) is 0 Å². The fourth-order valence-electron chi connectivity index (χ4n) is 2.56. The van der Waals surface area contributed by atoms with Gasteiger partial charge in [0.2, 0.25) is 17.7 Å². The number of halogens is 1. The average molecular weight is 355 g/mol. The zero-order valence-corrected chi connectivity index (χ0v) is 14.1. The number of anilines is 3. The summed E-state index contributed by atoms with van der Waals surface area (Å²) in [7, 11) is 0. The maximum absolute atomic E-state index is 12.9. The minimum atomic E-state index is -1.11. The van der Waals surface area contributed by atoms with E-state index in [1.807, 2.05) is 0 Å². The maximum Gasteiger partial charge on any atom is 0.240 e. The van der Waals surface area contributed by atoms with Crippen molar-refractivity contribution in [2.24, 2.45) is 5.41 Å². The van der Waals surface area contributed by atoms with Gasteiger partial charge in [-0.2, -0.15) is 0 Å². The van der Waals surface area contributed by atoms with E-state index in [0.29, 0.717) is 29.9 Å². The largest absolute Gasteiger partial charge is 0.326 e. The molecular formula is C19H18FN3O3. The lowest BCUT2D eigenvalue weighted by atomic mass is 10.0. The Hall–Kier alpha value is -3.22. The summed E-state index contributed by atoms with van der Waals surface area (Å²) in [5.41, 5.74) is 0.482. The zero-order valence-electron chi connectivity index (χ0n) is 14.1. The predicted octanol–water partition coefficient (Wildman–Crippen LogP) is 3.14. The van der Waals surface area contributed by atoms with Crippen LogP contribution in [-0.4, -0.2) is 17.7 Å². The molecule has 0 atom stereocenters. The molecule has 3 N–H and O–H groups in total. The third-order valence-electron chi connectivity index (χ3n) is 4.18. The fraction of sp³-hybridized carbons (Fsp3) is 0.211. The topological polar surface area (TPSA) is 87.3 Å². The molecule has 2 aromatic rings. The van der Waals surface area contributed by atoms with Crippen molar-refractivity contribution in [1.82, 2.24) is 0 Å². The highest BCUT2D eigenvalue weighted by atomic mass is 19.1. The second-order valence-corrected chi connectivity index (χ2v) is 6.26. The lowest BCUT2D eigenvalue weighted by Gasteiger charge is -2.15. The summed E-state index contributed by atoms with van der Waals surface area (Å²) in [6.07, 6.45) is 0.908. The summed E-state index contributed by atoms with van der Waals surface area (Å²) in [4.78, 5) is 36.0. The third kappa shape index (κ3) is 3.88. The van der Waals surface area contributed by atoms with Crippen LogP contribution in [-0.2, 0) is 14.4 Å². The molecule has 1 aliphatic carbocycles. The Bertz CT molecular complexity index is 843. The number of carbonyl (C=O) groups is 3. The molecule has 1 saturated carbocycles. The number of carbonyl (C=O) groups excluding carboxylic acids is 3. The molecule has 0 radical (unpaired) electrons. The smallest absolute Gasteiger partial charge is 0.240 e. The van der Waals surface area contributed by atoms with Crippen molar-refractivity contribution in [3.8, 4) is 0 Å². The quantitative estimate of drug-likeness (QED) is 0.720. The number of amides is 3. The van der Waals surface area contributed by atoms with Gasteiger partial charge in [0.15, 0.2) is 0 Å². The second-order valence-electron chi connectivity index (χ2n) is 6.26. The first-order valence-corrected chi connectivity index (χ1v) is 8.15. The highest BCUT2D eigenvalue weighted by Gasteiger charge is 2.56. The van der Waals surface area contributed by atoms with Crippen LogP contribution in [0.25, 0.3) is 0 Å². The van der Waals surface area contributed by atoms with Crippen molar-refractivity contribution in [3.05, 3.63) is 54.3 Å². The maximum atomic E-state index is 12.9. The van der Waals surface area contributed by atoms with E-state index in [2.05, 4.69) is 16.0 Å². The molecule has 0 aromatic heterocycles. The Morgan fingerprint density at radius 1 is 0.769 bits per heavy atom. The minimum absolute atomic E-state index is 0.184. The van der Waals surface area contributed by atoms with Gasteiger partial charge >= 0.3 is 0 Å². The van der Waals surface area contributed by atoms with E-state index in [0.717, 1.165) is 0 Å². The van der Waals surface area contributed by atoms with Gasteiger partial charge in [0.05, 0.1) is 0 Å². The van der Waals surface area contributed by atoms with Gasteiger partial charge in [0.1, 0.15) is 11.2 Å². The fourth-order valence-corrected chi connectivity index (χ4v) is 2.56. The summed E-state index contributed by atoms with van der Waals surface area (Å²) >= 11 is 0. The van der Waals surface area contributed by atoms with Crippen LogP contribution in [0.3, 0.4) is 0 Å². The van der Waals surface area contributed by atoms with Crippen molar-refractivity contribution in [2.75, 3.05) is 16.0 Å². The lowest BCUT2D eigenvalue weighted by molar-refractivity contribution is -0.131. The van der Waals surface area contributed by atoms with Crippen LogP contribution in [0.15, 0.2) is 48.5 Å². The number of hydrogen-bond acceptors (Lipinski definition) is 3. The molecule has 0 bridgehead atoms. The number of nitrogens with one attached hydrogen (secondary N) is 3. The van der Waals surface area contributed by atoms with Crippen LogP contribution in [0.2, 0.25) is 0 Å². The molecule has 0 heterocycles. The molecule has 1 fully saturated rings. The van der Waals surface area contributed by atoms with E-state index < -0.39 is 17.1 Å². The summed E-state index contributed by atoms with van der Waals surface area (Å²) in [6, 6.07) is 12.0. The summed E-state index contributed by atoms with van der Waals surface area (Å²) in [6.45, 7) is 1.41.